The van der Waals surface area contributed by atoms with Crippen LogP contribution < -0.4 is 0 Å². The van der Waals surface area contributed by atoms with Crippen molar-refractivity contribution in [3.8, 4) is 0 Å². The fourth-order valence-electron chi connectivity index (χ4n) is 3.71. The molecule has 1 aliphatic heterocycles. The molecule has 0 aromatic heterocycles. The predicted molar refractivity (Wildman–Crippen MR) is 80.0 cm³/mol. The normalized spacial score (nSPS) is 33.1. The summed E-state index contributed by atoms with van der Waals surface area (Å²) in [6.45, 7) is 3.02. The second-order valence-electron chi connectivity index (χ2n) is 6.10. The third kappa shape index (κ3) is 3.64. The Hall–Kier alpha value is 0.200. The van der Waals surface area contributed by atoms with E-state index in [1.165, 1.54) is 19.3 Å². The molecule has 3 atom stereocenters. The molecular formula is C14H26ClNO2S. The van der Waals surface area contributed by atoms with Gasteiger partial charge in [-0.1, -0.05) is 19.8 Å². The van der Waals surface area contributed by atoms with Gasteiger partial charge in [-0.15, -0.1) is 11.6 Å². The highest BCUT2D eigenvalue weighted by Gasteiger charge is 2.41. The minimum absolute atomic E-state index is 0.275. The van der Waals surface area contributed by atoms with Crippen LogP contribution in [0.5, 0.6) is 0 Å². The smallest absolute Gasteiger partial charge is 0.212 e. The molecule has 19 heavy (non-hydrogen) atoms. The van der Waals surface area contributed by atoms with Crippen molar-refractivity contribution in [2.75, 3.05) is 18.2 Å². The van der Waals surface area contributed by atoms with E-state index in [1.807, 2.05) is 4.31 Å². The van der Waals surface area contributed by atoms with Gasteiger partial charge in [0.1, 0.15) is 0 Å². The van der Waals surface area contributed by atoms with E-state index in [0.717, 1.165) is 25.8 Å². The molecule has 2 rings (SSSR count). The minimum atomic E-state index is -3.07. The predicted octanol–water partition coefficient (Wildman–Crippen LogP) is 3.24. The van der Waals surface area contributed by atoms with Crippen molar-refractivity contribution < 1.29 is 8.42 Å². The standard InChI is InChI=1S/C14H26ClNO2S/c1-12-8-10-16(14-7-3-2-6-13(12)14)19(17,18)11-5-4-9-15/h12-14H,2-11H2,1H3. The topological polar surface area (TPSA) is 37.4 Å². The lowest BCUT2D eigenvalue weighted by Crippen LogP contribution is -2.52. The molecule has 3 unspecified atom stereocenters. The molecule has 0 N–H and O–H groups in total. The van der Waals surface area contributed by atoms with Crippen molar-refractivity contribution in [1.82, 2.24) is 4.31 Å². The fraction of sp³-hybridized carbons (Fsp3) is 1.00. The number of nitrogens with zero attached hydrogens (tertiary/aromatic N) is 1. The number of sulfonamides is 1. The van der Waals surface area contributed by atoms with Crippen molar-refractivity contribution in [3.05, 3.63) is 0 Å². The third-order valence-corrected chi connectivity index (χ3v) is 7.07. The number of fused-ring (bicyclic) bond motifs is 1. The Kier molecular flexibility index (Phi) is 5.55. The molecule has 2 fully saturated rings. The molecule has 0 amide bonds. The van der Waals surface area contributed by atoms with Gasteiger partial charge in [-0.3, -0.25) is 0 Å². The lowest BCUT2D eigenvalue weighted by atomic mass is 9.74. The van der Waals surface area contributed by atoms with Crippen molar-refractivity contribution in [2.45, 2.75) is 57.9 Å². The number of rotatable bonds is 5. The van der Waals surface area contributed by atoms with Gasteiger partial charge in [-0.05, 0) is 43.9 Å². The molecule has 112 valence electrons. The maximum atomic E-state index is 12.5. The molecule has 1 saturated carbocycles. The summed E-state index contributed by atoms with van der Waals surface area (Å²) in [6.07, 6.45) is 7.22. The summed E-state index contributed by atoms with van der Waals surface area (Å²) >= 11 is 5.64. The van der Waals surface area contributed by atoms with Crippen LogP contribution >= 0.6 is 11.6 Å². The number of hydrogen-bond donors (Lipinski definition) is 0. The van der Waals surface area contributed by atoms with Crippen molar-refractivity contribution >= 4 is 21.6 Å². The first-order valence-corrected chi connectivity index (χ1v) is 9.76. The lowest BCUT2D eigenvalue weighted by Gasteiger charge is -2.46. The van der Waals surface area contributed by atoms with Gasteiger partial charge in [0, 0.05) is 18.5 Å². The molecule has 3 nitrogen and oxygen atoms in total. The van der Waals surface area contributed by atoms with Gasteiger partial charge < -0.3 is 0 Å². The van der Waals surface area contributed by atoms with Gasteiger partial charge in [-0.2, -0.15) is 4.31 Å². The number of halogens is 1. The average molecular weight is 308 g/mol. The summed E-state index contributed by atoms with van der Waals surface area (Å²) in [5, 5.41) is 0. The summed E-state index contributed by atoms with van der Waals surface area (Å²) in [5.41, 5.74) is 0. The van der Waals surface area contributed by atoms with Crippen LogP contribution in [0.15, 0.2) is 0 Å². The number of hydrogen-bond acceptors (Lipinski definition) is 2. The van der Waals surface area contributed by atoms with E-state index in [9.17, 15) is 8.42 Å². The van der Waals surface area contributed by atoms with Crippen LogP contribution in [0.4, 0.5) is 0 Å². The first kappa shape index (κ1) is 15.6. The van der Waals surface area contributed by atoms with Crippen molar-refractivity contribution in [1.29, 1.82) is 0 Å². The zero-order valence-electron chi connectivity index (χ0n) is 11.9. The summed E-state index contributed by atoms with van der Waals surface area (Å²) in [6, 6.07) is 0.276. The number of unbranched alkanes of at least 4 members (excludes halogenated alkanes) is 1. The largest absolute Gasteiger partial charge is 0.214 e. The maximum absolute atomic E-state index is 12.5. The maximum Gasteiger partial charge on any atom is 0.214 e. The first-order chi connectivity index (χ1) is 9.06. The molecule has 5 heteroatoms. The van der Waals surface area contributed by atoms with E-state index in [2.05, 4.69) is 6.92 Å². The van der Waals surface area contributed by atoms with Crippen LogP contribution in [-0.2, 0) is 10.0 Å². The Balaban J connectivity index is 2.05. The van der Waals surface area contributed by atoms with E-state index < -0.39 is 10.0 Å². The van der Waals surface area contributed by atoms with Crippen LogP contribution in [0, 0.1) is 11.8 Å². The average Bonchev–Trinajstić information content (AvgIpc) is 2.39. The molecule has 0 radical (unpaired) electrons. The molecule has 1 saturated heterocycles. The monoisotopic (exact) mass is 307 g/mol. The van der Waals surface area contributed by atoms with Gasteiger partial charge in [0.05, 0.1) is 5.75 Å². The van der Waals surface area contributed by atoms with Crippen molar-refractivity contribution in [3.63, 3.8) is 0 Å². The van der Waals surface area contributed by atoms with Gasteiger partial charge in [-0.25, -0.2) is 8.42 Å². The van der Waals surface area contributed by atoms with E-state index in [1.54, 1.807) is 0 Å². The highest BCUT2D eigenvalue weighted by atomic mass is 35.5. The summed E-state index contributed by atoms with van der Waals surface area (Å²) < 4.78 is 26.8. The number of piperidine rings is 1. The van der Waals surface area contributed by atoms with E-state index in [4.69, 9.17) is 11.6 Å². The van der Waals surface area contributed by atoms with Gasteiger partial charge in [0.15, 0.2) is 0 Å². The molecule has 0 aromatic rings. The van der Waals surface area contributed by atoms with Gasteiger partial charge >= 0.3 is 0 Å². The molecule has 1 heterocycles. The quantitative estimate of drug-likeness (QED) is 0.577. The van der Waals surface area contributed by atoms with Crippen LogP contribution in [0.3, 0.4) is 0 Å². The Morgan fingerprint density at radius 2 is 1.89 bits per heavy atom. The molecule has 0 bridgehead atoms. The zero-order valence-corrected chi connectivity index (χ0v) is 13.4. The summed E-state index contributed by atoms with van der Waals surface area (Å²) in [5.74, 6) is 2.10. The molecule has 2 aliphatic rings. The summed E-state index contributed by atoms with van der Waals surface area (Å²) in [7, 11) is -3.07. The van der Waals surface area contributed by atoms with Gasteiger partial charge in [0.25, 0.3) is 0 Å². The Bertz CT molecular complexity index is 385. The lowest BCUT2D eigenvalue weighted by molar-refractivity contribution is 0.0827. The third-order valence-electron chi connectivity index (χ3n) is 4.83. The molecule has 0 spiro atoms. The Labute approximate surface area is 122 Å². The summed E-state index contributed by atoms with van der Waals surface area (Å²) in [4.78, 5) is 0. The van der Waals surface area contributed by atoms with Crippen LogP contribution in [-0.4, -0.2) is 36.9 Å². The zero-order chi connectivity index (χ0) is 13.9. The minimum Gasteiger partial charge on any atom is -0.212 e. The highest BCUT2D eigenvalue weighted by molar-refractivity contribution is 7.89. The first-order valence-electron chi connectivity index (χ1n) is 7.62. The fourth-order valence-corrected chi connectivity index (χ4v) is 5.76. The van der Waals surface area contributed by atoms with Gasteiger partial charge in [0.2, 0.25) is 10.0 Å². The van der Waals surface area contributed by atoms with Crippen molar-refractivity contribution in [2.24, 2.45) is 11.8 Å². The van der Waals surface area contributed by atoms with Crippen LogP contribution in [0.25, 0.3) is 0 Å². The number of alkyl halides is 1. The second kappa shape index (κ2) is 6.77. The van der Waals surface area contributed by atoms with E-state index in [-0.39, 0.29) is 11.8 Å². The Morgan fingerprint density at radius 3 is 2.63 bits per heavy atom. The van der Waals surface area contributed by atoms with E-state index in [0.29, 0.717) is 24.1 Å². The molecule has 0 aromatic carbocycles. The van der Waals surface area contributed by atoms with Crippen LogP contribution in [0.2, 0.25) is 0 Å². The highest BCUT2D eigenvalue weighted by Crippen LogP contribution is 2.40. The van der Waals surface area contributed by atoms with E-state index >= 15 is 0 Å². The Morgan fingerprint density at radius 1 is 1.16 bits per heavy atom. The molecular weight excluding hydrogens is 282 g/mol. The SMILES string of the molecule is CC1CCN(S(=O)(=O)CCCCCl)C2CCCCC12. The van der Waals surface area contributed by atoms with Crippen LogP contribution in [0.1, 0.15) is 51.9 Å². The molecule has 1 aliphatic carbocycles. The second-order valence-corrected chi connectivity index (χ2v) is 8.52.